The van der Waals surface area contributed by atoms with Crippen LogP contribution in [0.5, 0.6) is 0 Å². The van der Waals surface area contributed by atoms with E-state index < -0.39 is 0 Å². The molecule has 0 aromatic rings. The summed E-state index contributed by atoms with van der Waals surface area (Å²) in [4.78, 5) is 9.45. The van der Waals surface area contributed by atoms with Crippen molar-refractivity contribution in [1.82, 2.24) is 10.6 Å². The van der Waals surface area contributed by atoms with Crippen LogP contribution in [0.4, 0.5) is 0 Å². The molecule has 0 saturated heterocycles. The van der Waals surface area contributed by atoms with E-state index in [0.717, 1.165) is 74.7 Å². The quantitative estimate of drug-likeness (QED) is 0.280. The van der Waals surface area contributed by atoms with E-state index in [1.165, 1.54) is 0 Å². The highest BCUT2D eigenvalue weighted by Crippen LogP contribution is 2.12. The third kappa shape index (κ3) is 7.97. The number of hydrogen-bond acceptors (Lipinski definition) is 4. The molecule has 140 valence electrons. The molecule has 0 amide bonds. The first kappa shape index (κ1) is 21.4. The van der Waals surface area contributed by atoms with Crippen molar-refractivity contribution in [3.8, 4) is 0 Å². The van der Waals surface area contributed by atoms with Gasteiger partial charge in [0, 0.05) is 26.2 Å². The van der Waals surface area contributed by atoms with Gasteiger partial charge >= 0.3 is 0 Å². The molecule has 4 heteroatoms. The molecule has 1 rings (SSSR count). The Kier molecular flexibility index (Phi) is 11.2. The Bertz CT molecular complexity index is 552. The van der Waals surface area contributed by atoms with Crippen molar-refractivity contribution in [3.05, 3.63) is 74.2 Å². The van der Waals surface area contributed by atoms with Gasteiger partial charge in [-0.3, -0.25) is 9.98 Å². The molecule has 0 radical (unpaired) electrons. The van der Waals surface area contributed by atoms with E-state index in [4.69, 9.17) is 9.98 Å². The molecule has 0 heterocycles. The minimum absolute atomic E-state index is 0.721. The Morgan fingerprint density at radius 2 is 1.04 bits per heavy atom. The zero-order valence-electron chi connectivity index (χ0n) is 15.8. The second-order valence-electron chi connectivity index (χ2n) is 5.81. The Labute approximate surface area is 158 Å². The van der Waals surface area contributed by atoms with Crippen molar-refractivity contribution in [2.75, 3.05) is 26.2 Å². The summed E-state index contributed by atoms with van der Waals surface area (Å²) < 4.78 is 0. The Morgan fingerprint density at radius 3 is 1.38 bits per heavy atom. The summed E-state index contributed by atoms with van der Waals surface area (Å²) in [6.45, 7) is 18.2. The predicted molar refractivity (Wildman–Crippen MR) is 116 cm³/mol. The van der Waals surface area contributed by atoms with Crippen molar-refractivity contribution in [1.29, 1.82) is 0 Å². The topological polar surface area (TPSA) is 48.8 Å². The molecule has 0 bridgehead atoms. The van der Waals surface area contributed by atoms with E-state index in [0.29, 0.717) is 0 Å². The SMILES string of the molecule is C=CCCN=C1C=C(NCCC=C)C(=NCCC=C)C=C1NCCC=C. The molecule has 0 aromatic carbocycles. The zero-order valence-corrected chi connectivity index (χ0v) is 15.8. The van der Waals surface area contributed by atoms with Gasteiger partial charge in [0.25, 0.3) is 0 Å². The fourth-order valence-electron chi connectivity index (χ4n) is 2.29. The van der Waals surface area contributed by atoms with Gasteiger partial charge in [0.05, 0.1) is 22.8 Å². The lowest BCUT2D eigenvalue weighted by atomic mass is 10.0. The van der Waals surface area contributed by atoms with Gasteiger partial charge in [0.15, 0.2) is 0 Å². The van der Waals surface area contributed by atoms with Crippen LogP contribution >= 0.6 is 0 Å². The fraction of sp³-hybridized carbons (Fsp3) is 0.364. The number of aliphatic imine (C=N–C) groups is 2. The highest BCUT2D eigenvalue weighted by atomic mass is 15.0. The molecule has 4 nitrogen and oxygen atoms in total. The highest BCUT2D eigenvalue weighted by Gasteiger charge is 2.16. The second-order valence-corrected chi connectivity index (χ2v) is 5.81. The summed E-state index contributed by atoms with van der Waals surface area (Å²) in [5.74, 6) is 0. The van der Waals surface area contributed by atoms with Gasteiger partial charge in [0.1, 0.15) is 0 Å². The molecule has 1 aliphatic rings. The standard InChI is InChI=1S/C22H32N4/c1-5-9-13-23-19-17-21(25-15-11-7-3)22(26-16-12-8-4)18-20(19)24-14-10-6-2/h5-8,17-18,23,26H,1-4,9-16H2. The third-order valence-corrected chi connectivity index (χ3v) is 3.67. The highest BCUT2D eigenvalue weighted by molar-refractivity contribution is 6.23. The minimum Gasteiger partial charge on any atom is -0.383 e. The molecule has 2 N–H and O–H groups in total. The average Bonchev–Trinajstić information content (AvgIpc) is 2.64. The molecule has 0 aromatic heterocycles. The molecule has 0 saturated carbocycles. The Morgan fingerprint density at radius 1 is 0.654 bits per heavy atom. The first-order valence-electron chi connectivity index (χ1n) is 9.21. The van der Waals surface area contributed by atoms with Gasteiger partial charge < -0.3 is 10.6 Å². The van der Waals surface area contributed by atoms with Crippen LogP contribution in [0.2, 0.25) is 0 Å². The van der Waals surface area contributed by atoms with Crippen molar-refractivity contribution >= 4 is 11.4 Å². The summed E-state index contributed by atoms with van der Waals surface area (Å²) in [6, 6.07) is 0. The molecule has 0 fully saturated rings. The Balaban J connectivity index is 3.06. The molecule has 1 aliphatic carbocycles. The Hall–Kier alpha value is -2.62. The second kappa shape index (κ2) is 13.6. The van der Waals surface area contributed by atoms with E-state index in [1.807, 2.05) is 24.3 Å². The van der Waals surface area contributed by atoms with Crippen molar-refractivity contribution in [3.63, 3.8) is 0 Å². The number of hydrogen-bond donors (Lipinski definition) is 2. The number of nitrogens with zero attached hydrogens (tertiary/aromatic N) is 2. The summed E-state index contributed by atoms with van der Waals surface area (Å²) in [5, 5.41) is 6.90. The predicted octanol–water partition coefficient (Wildman–Crippen LogP) is 4.13. The van der Waals surface area contributed by atoms with Crippen LogP contribution in [0.3, 0.4) is 0 Å². The van der Waals surface area contributed by atoms with Gasteiger partial charge in [-0.15, -0.1) is 26.3 Å². The van der Waals surface area contributed by atoms with Gasteiger partial charge in [-0.05, 0) is 37.8 Å². The van der Waals surface area contributed by atoms with Crippen molar-refractivity contribution in [2.24, 2.45) is 9.98 Å². The van der Waals surface area contributed by atoms with Gasteiger partial charge in [-0.25, -0.2) is 0 Å². The van der Waals surface area contributed by atoms with Crippen LogP contribution in [0.15, 0.2) is 84.2 Å². The molecule has 0 aliphatic heterocycles. The van der Waals surface area contributed by atoms with E-state index in [1.54, 1.807) is 0 Å². The van der Waals surface area contributed by atoms with Crippen LogP contribution in [0.25, 0.3) is 0 Å². The molecule has 26 heavy (non-hydrogen) atoms. The minimum atomic E-state index is 0.721. The van der Waals surface area contributed by atoms with Crippen LogP contribution in [0.1, 0.15) is 25.7 Å². The number of allylic oxidation sites excluding steroid dienone is 2. The first-order valence-corrected chi connectivity index (χ1v) is 9.21. The normalized spacial score (nSPS) is 16.6. The number of rotatable bonds is 14. The largest absolute Gasteiger partial charge is 0.383 e. The zero-order chi connectivity index (χ0) is 19.0. The maximum Gasteiger partial charge on any atom is 0.0827 e. The van der Waals surface area contributed by atoms with Crippen LogP contribution < -0.4 is 10.6 Å². The maximum absolute atomic E-state index is 4.72. The third-order valence-electron chi connectivity index (χ3n) is 3.67. The van der Waals surface area contributed by atoms with E-state index in [9.17, 15) is 0 Å². The van der Waals surface area contributed by atoms with Crippen molar-refractivity contribution in [2.45, 2.75) is 25.7 Å². The number of nitrogens with one attached hydrogen (secondary N) is 2. The summed E-state index contributed by atoms with van der Waals surface area (Å²) in [7, 11) is 0. The first-order chi connectivity index (χ1) is 12.8. The summed E-state index contributed by atoms with van der Waals surface area (Å²) in [5.41, 5.74) is 3.89. The molecular formula is C22H32N4. The van der Waals surface area contributed by atoms with Crippen LogP contribution in [-0.4, -0.2) is 37.6 Å². The summed E-state index contributed by atoms with van der Waals surface area (Å²) >= 11 is 0. The molecule has 0 atom stereocenters. The van der Waals surface area contributed by atoms with Gasteiger partial charge in [-0.2, -0.15) is 0 Å². The lowest BCUT2D eigenvalue weighted by molar-refractivity contribution is 0.816. The van der Waals surface area contributed by atoms with Crippen molar-refractivity contribution < 1.29 is 0 Å². The van der Waals surface area contributed by atoms with Crippen LogP contribution in [0, 0.1) is 0 Å². The monoisotopic (exact) mass is 352 g/mol. The van der Waals surface area contributed by atoms with E-state index in [-0.39, 0.29) is 0 Å². The maximum atomic E-state index is 4.72. The molecule has 0 unspecified atom stereocenters. The molecular weight excluding hydrogens is 320 g/mol. The van der Waals surface area contributed by atoms with E-state index >= 15 is 0 Å². The lowest BCUT2D eigenvalue weighted by Gasteiger charge is -2.20. The smallest absolute Gasteiger partial charge is 0.0827 e. The van der Waals surface area contributed by atoms with Gasteiger partial charge in [0.2, 0.25) is 0 Å². The van der Waals surface area contributed by atoms with Gasteiger partial charge in [-0.1, -0.05) is 24.3 Å². The molecule has 0 spiro atoms. The summed E-state index contributed by atoms with van der Waals surface area (Å²) in [6.07, 6.45) is 15.2. The fourth-order valence-corrected chi connectivity index (χ4v) is 2.29. The van der Waals surface area contributed by atoms with Crippen LogP contribution in [-0.2, 0) is 0 Å². The average molecular weight is 353 g/mol. The van der Waals surface area contributed by atoms with E-state index in [2.05, 4.69) is 49.1 Å². The lowest BCUT2D eigenvalue weighted by Crippen LogP contribution is -2.30.